The average Bonchev–Trinajstić information content (AvgIpc) is 3.84. The molecule has 0 bridgehead atoms. The second-order valence-electron chi connectivity index (χ2n) is 11.9. The number of benzene rings is 2. The quantitative estimate of drug-likeness (QED) is 0.295. The van der Waals surface area contributed by atoms with Crippen molar-refractivity contribution in [2.45, 2.75) is 62.4 Å². The Balaban J connectivity index is 1.26. The third-order valence-electron chi connectivity index (χ3n) is 8.99. The Morgan fingerprint density at radius 3 is 2.41 bits per heavy atom. The topological polar surface area (TPSA) is 78.6 Å². The molecule has 1 atom stereocenters. The van der Waals surface area contributed by atoms with E-state index in [1.54, 1.807) is 0 Å². The van der Waals surface area contributed by atoms with E-state index in [0.717, 1.165) is 30.7 Å². The van der Waals surface area contributed by atoms with Crippen LogP contribution in [0.4, 0.5) is 18.9 Å². The molecule has 3 saturated carbocycles. The molecule has 7 rings (SSSR count). The summed E-state index contributed by atoms with van der Waals surface area (Å²) in [5.74, 6) is 0.664. The maximum absolute atomic E-state index is 14.6. The van der Waals surface area contributed by atoms with E-state index in [1.165, 1.54) is 67.3 Å². The van der Waals surface area contributed by atoms with Crippen LogP contribution in [-0.4, -0.2) is 34.6 Å². The van der Waals surface area contributed by atoms with E-state index in [2.05, 4.69) is 10.3 Å². The molecule has 2 heterocycles. The van der Waals surface area contributed by atoms with E-state index in [0.29, 0.717) is 12.1 Å². The molecule has 1 aromatic heterocycles. The Hall–Kier alpha value is -2.59. The number of hydrogen-bond donors (Lipinski definition) is 2. The van der Waals surface area contributed by atoms with Gasteiger partial charge in [-0.25, -0.2) is 4.98 Å². The van der Waals surface area contributed by atoms with Crippen LogP contribution in [-0.2, 0) is 16.6 Å². The minimum Gasteiger partial charge on any atom is -0.445 e. The van der Waals surface area contributed by atoms with Crippen LogP contribution >= 0.6 is 23.2 Å². The van der Waals surface area contributed by atoms with E-state index < -0.39 is 28.8 Å². The Morgan fingerprint density at radius 2 is 1.83 bits per heavy atom. The lowest BCUT2D eigenvalue weighted by Gasteiger charge is -2.40. The molecule has 1 aliphatic heterocycles. The van der Waals surface area contributed by atoms with Gasteiger partial charge in [0, 0.05) is 45.4 Å². The number of fused-ring (bicyclic) bond motifs is 1. The fourth-order valence-corrected chi connectivity index (χ4v) is 7.22. The van der Waals surface area contributed by atoms with E-state index in [-0.39, 0.29) is 45.2 Å². The van der Waals surface area contributed by atoms with Crippen LogP contribution in [0.5, 0.6) is 0 Å². The molecule has 0 radical (unpaired) electrons. The van der Waals surface area contributed by atoms with Crippen molar-refractivity contribution in [1.82, 2.24) is 10.3 Å². The van der Waals surface area contributed by atoms with Crippen molar-refractivity contribution in [2.75, 3.05) is 11.4 Å². The number of carbonyl (C=O) groups is 1. The van der Waals surface area contributed by atoms with Crippen molar-refractivity contribution >= 4 is 34.8 Å². The van der Waals surface area contributed by atoms with Gasteiger partial charge in [-0.05, 0) is 80.5 Å². The average molecular weight is 606 g/mol. The van der Waals surface area contributed by atoms with Crippen LogP contribution < -0.4 is 10.2 Å². The highest BCUT2D eigenvalue weighted by Gasteiger charge is 2.57. The normalized spacial score (nSPS) is 26.0. The molecule has 6 nitrogen and oxygen atoms in total. The molecule has 2 N–H and O–H groups in total. The number of anilines is 1. The lowest BCUT2D eigenvalue weighted by Crippen LogP contribution is -2.51. The van der Waals surface area contributed by atoms with Gasteiger partial charge in [0.15, 0.2) is 5.60 Å². The van der Waals surface area contributed by atoms with Gasteiger partial charge >= 0.3 is 6.18 Å². The highest BCUT2D eigenvalue weighted by molar-refractivity contribution is 6.35. The lowest BCUT2D eigenvalue weighted by atomic mass is 9.79. The van der Waals surface area contributed by atoms with Gasteiger partial charge in [-0.15, -0.1) is 0 Å². The molecular weight excluding hydrogens is 578 g/mol. The number of carbonyl (C=O) groups excluding carboxylic acids is 1. The number of halogens is 5. The highest BCUT2D eigenvalue weighted by Crippen LogP contribution is 2.54. The minimum absolute atomic E-state index is 0.0234. The number of aromatic nitrogens is 1. The Morgan fingerprint density at radius 1 is 1.12 bits per heavy atom. The fourth-order valence-electron chi connectivity index (χ4n) is 6.68. The number of rotatable bonds is 8. The second kappa shape index (κ2) is 9.73. The van der Waals surface area contributed by atoms with E-state index >= 15 is 0 Å². The van der Waals surface area contributed by atoms with Crippen LogP contribution in [0, 0.1) is 17.8 Å². The van der Waals surface area contributed by atoms with Crippen molar-refractivity contribution < 1.29 is 27.5 Å². The monoisotopic (exact) mass is 605 g/mol. The molecule has 1 unspecified atom stereocenters. The SMILES string of the molecule is O=C1N(CC2CC(NC(C3CC3)C3CC3)C2)c2cc(-c3ncco3)cc(C(F)(F)F)c2C1(O)c1ccc(Cl)cc1Cl. The number of nitrogens with zero attached hydrogens (tertiary/aromatic N) is 2. The third kappa shape index (κ3) is 4.75. The summed E-state index contributed by atoms with van der Waals surface area (Å²) in [6, 6.07) is 7.15. The summed E-state index contributed by atoms with van der Waals surface area (Å²) in [6.07, 6.45) is 4.38. The van der Waals surface area contributed by atoms with Crippen LogP contribution in [0.3, 0.4) is 0 Å². The maximum atomic E-state index is 14.6. The third-order valence-corrected chi connectivity index (χ3v) is 9.54. The summed E-state index contributed by atoms with van der Waals surface area (Å²) in [6.45, 7) is 0.168. The van der Waals surface area contributed by atoms with Gasteiger partial charge in [-0.3, -0.25) is 4.79 Å². The second-order valence-corrected chi connectivity index (χ2v) is 12.7. The van der Waals surface area contributed by atoms with Gasteiger partial charge in [0.25, 0.3) is 5.91 Å². The summed E-state index contributed by atoms with van der Waals surface area (Å²) in [4.78, 5) is 19.4. The molecule has 11 heteroatoms. The standard InChI is InChI=1S/C30H28Cl2F3N3O3/c31-19-5-6-21(23(32)13-19)29(40)25-22(30(33,34)35)11-18(27-36-7-8-41-27)12-24(25)38(28(29)39)14-15-9-20(10-15)37-26(16-1-2-16)17-3-4-17/h5-8,11-13,15-17,20,26,37,40H,1-4,9-10,14H2. The molecule has 216 valence electrons. The van der Waals surface area contributed by atoms with Crippen molar-refractivity contribution in [3.8, 4) is 11.5 Å². The van der Waals surface area contributed by atoms with Crippen LogP contribution in [0.25, 0.3) is 11.5 Å². The number of aliphatic hydroxyl groups is 1. The molecule has 4 aliphatic rings. The zero-order chi connectivity index (χ0) is 28.7. The molecule has 2 aromatic carbocycles. The molecule has 3 fully saturated rings. The van der Waals surface area contributed by atoms with Crippen molar-refractivity contribution in [2.24, 2.45) is 17.8 Å². The van der Waals surface area contributed by atoms with Crippen LogP contribution in [0.1, 0.15) is 55.2 Å². The first-order chi connectivity index (χ1) is 19.5. The maximum Gasteiger partial charge on any atom is 0.416 e. The molecular formula is C30H28Cl2F3N3O3. The first kappa shape index (κ1) is 27.3. The summed E-state index contributed by atoms with van der Waals surface area (Å²) in [5, 5.41) is 16.0. The number of amides is 1. The van der Waals surface area contributed by atoms with E-state index in [9.17, 15) is 23.1 Å². The summed E-state index contributed by atoms with van der Waals surface area (Å²) in [7, 11) is 0. The van der Waals surface area contributed by atoms with E-state index in [1.807, 2.05) is 0 Å². The molecule has 3 aromatic rings. The van der Waals surface area contributed by atoms with Gasteiger partial charge in [-0.2, -0.15) is 13.2 Å². The zero-order valence-electron chi connectivity index (χ0n) is 21.9. The number of oxazole rings is 1. The first-order valence-electron chi connectivity index (χ1n) is 14.0. The minimum atomic E-state index is -4.90. The van der Waals surface area contributed by atoms with Gasteiger partial charge in [0.05, 0.1) is 17.4 Å². The van der Waals surface area contributed by atoms with Crippen LogP contribution in [0.15, 0.2) is 47.2 Å². The number of alkyl halides is 3. The van der Waals surface area contributed by atoms with Gasteiger partial charge in [0.2, 0.25) is 5.89 Å². The number of nitrogens with one attached hydrogen (secondary N) is 1. The van der Waals surface area contributed by atoms with E-state index in [4.69, 9.17) is 27.6 Å². The molecule has 41 heavy (non-hydrogen) atoms. The Labute approximate surface area is 244 Å². The Bertz CT molecular complexity index is 1490. The van der Waals surface area contributed by atoms with Crippen molar-refractivity contribution in [3.05, 3.63) is 69.5 Å². The van der Waals surface area contributed by atoms with Crippen molar-refractivity contribution in [3.63, 3.8) is 0 Å². The molecule has 0 saturated heterocycles. The van der Waals surface area contributed by atoms with Gasteiger partial charge in [-0.1, -0.05) is 29.3 Å². The van der Waals surface area contributed by atoms with Gasteiger partial charge < -0.3 is 19.7 Å². The zero-order valence-corrected chi connectivity index (χ0v) is 23.4. The molecule has 0 spiro atoms. The largest absolute Gasteiger partial charge is 0.445 e. The summed E-state index contributed by atoms with van der Waals surface area (Å²) < 4.78 is 49.2. The van der Waals surface area contributed by atoms with Gasteiger partial charge in [0.1, 0.15) is 6.26 Å². The summed E-state index contributed by atoms with van der Waals surface area (Å²) in [5.41, 5.74) is -4.51. The first-order valence-corrected chi connectivity index (χ1v) is 14.7. The van der Waals surface area contributed by atoms with Crippen molar-refractivity contribution in [1.29, 1.82) is 0 Å². The lowest BCUT2D eigenvalue weighted by molar-refractivity contribution is -0.142. The fraction of sp³-hybridized carbons (Fsp3) is 0.467. The predicted octanol–water partition coefficient (Wildman–Crippen LogP) is 6.81. The summed E-state index contributed by atoms with van der Waals surface area (Å²) >= 11 is 12.4. The van der Waals surface area contributed by atoms with Crippen LogP contribution in [0.2, 0.25) is 10.0 Å². The Kier molecular flexibility index (Phi) is 6.47. The smallest absolute Gasteiger partial charge is 0.416 e. The predicted molar refractivity (Wildman–Crippen MR) is 148 cm³/mol. The molecule has 3 aliphatic carbocycles. The molecule has 1 amide bonds. The number of hydrogen-bond acceptors (Lipinski definition) is 5. The highest BCUT2D eigenvalue weighted by atomic mass is 35.5.